The van der Waals surface area contributed by atoms with E-state index in [9.17, 15) is 0 Å². The van der Waals surface area contributed by atoms with Crippen LogP contribution in [-0.2, 0) is 9.47 Å². The summed E-state index contributed by atoms with van der Waals surface area (Å²) in [7, 11) is 0. The van der Waals surface area contributed by atoms with Crippen LogP contribution in [0.2, 0.25) is 0 Å². The minimum atomic E-state index is 0.642. The van der Waals surface area contributed by atoms with E-state index in [1.165, 1.54) is 25.7 Å². The second-order valence-corrected chi connectivity index (χ2v) is 5.33. The van der Waals surface area contributed by atoms with Gasteiger partial charge in [-0.1, -0.05) is 0 Å². The SMILES string of the molecule is CC(CC1CCOCC1)NCC1CCOC1. The van der Waals surface area contributed by atoms with Crippen molar-refractivity contribution >= 4 is 0 Å². The molecule has 1 N–H and O–H groups in total. The lowest BCUT2D eigenvalue weighted by Gasteiger charge is -2.26. The molecule has 0 aromatic rings. The predicted molar refractivity (Wildman–Crippen MR) is 64.6 cm³/mol. The lowest BCUT2D eigenvalue weighted by Crippen LogP contribution is -2.34. The van der Waals surface area contributed by atoms with Crippen molar-refractivity contribution in [3.8, 4) is 0 Å². The van der Waals surface area contributed by atoms with Crippen LogP contribution in [0.5, 0.6) is 0 Å². The van der Waals surface area contributed by atoms with Crippen molar-refractivity contribution in [1.82, 2.24) is 5.32 Å². The molecule has 2 heterocycles. The first-order chi connectivity index (χ1) is 7.84. The molecule has 3 nitrogen and oxygen atoms in total. The van der Waals surface area contributed by atoms with Gasteiger partial charge in [-0.15, -0.1) is 0 Å². The van der Waals surface area contributed by atoms with Gasteiger partial charge < -0.3 is 14.8 Å². The summed E-state index contributed by atoms with van der Waals surface area (Å²) < 4.78 is 10.8. The summed E-state index contributed by atoms with van der Waals surface area (Å²) in [6.07, 6.45) is 5.03. The number of ether oxygens (including phenoxy) is 2. The van der Waals surface area contributed by atoms with E-state index in [4.69, 9.17) is 9.47 Å². The van der Waals surface area contributed by atoms with Gasteiger partial charge in [0.25, 0.3) is 0 Å². The molecule has 0 aromatic carbocycles. The first-order valence-electron chi connectivity index (χ1n) is 6.73. The van der Waals surface area contributed by atoms with E-state index in [-0.39, 0.29) is 0 Å². The van der Waals surface area contributed by atoms with Crippen molar-refractivity contribution < 1.29 is 9.47 Å². The van der Waals surface area contributed by atoms with Gasteiger partial charge in [0.1, 0.15) is 0 Å². The van der Waals surface area contributed by atoms with E-state index in [0.717, 1.165) is 44.8 Å². The summed E-state index contributed by atoms with van der Waals surface area (Å²) in [5.41, 5.74) is 0. The Morgan fingerprint density at radius 3 is 2.44 bits per heavy atom. The van der Waals surface area contributed by atoms with Gasteiger partial charge in [0.2, 0.25) is 0 Å². The Bertz CT molecular complexity index is 186. The molecule has 0 bridgehead atoms. The van der Waals surface area contributed by atoms with Gasteiger partial charge in [-0.25, -0.2) is 0 Å². The molecule has 2 atom stereocenters. The fourth-order valence-corrected chi connectivity index (χ4v) is 2.68. The Balaban J connectivity index is 1.57. The highest BCUT2D eigenvalue weighted by molar-refractivity contribution is 4.73. The zero-order valence-corrected chi connectivity index (χ0v) is 10.4. The zero-order chi connectivity index (χ0) is 11.2. The first-order valence-corrected chi connectivity index (χ1v) is 6.73. The molecule has 0 radical (unpaired) electrons. The van der Waals surface area contributed by atoms with E-state index in [2.05, 4.69) is 12.2 Å². The molecule has 2 fully saturated rings. The average Bonchev–Trinajstić information content (AvgIpc) is 2.81. The molecule has 0 aromatic heterocycles. The summed E-state index contributed by atoms with van der Waals surface area (Å²) >= 11 is 0. The van der Waals surface area contributed by atoms with Gasteiger partial charge in [0, 0.05) is 32.4 Å². The van der Waals surface area contributed by atoms with Gasteiger partial charge in [0.05, 0.1) is 6.61 Å². The molecule has 0 saturated carbocycles. The molecular formula is C13H25NO2. The molecule has 2 rings (SSSR count). The summed E-state index contributed by atoms with van der Waals surface area (Å²) in [5.74, 6) is 1.62. The Morgan fingerprint density at radius 2 is 1.75 bits per heavy atom. The molecule has 0 aliphatic carbocycles. The first kappa shape index (κ1) is 12.3. The molecule has 16 heavy (non-hydrogen) atoms. The van der Waals surface area contributed by atoms with Gasteiger partial charge in [-0.05, 0) is 44.4 Å². The molecule has 2 aliphatic heterocycles. The summed E-state index contributed by atoms with van der Waals surface area (Å²) in [6.45, 7) is 7.29. The van der Waals surface area contributed by atoms with Gasteiger partial charge >= 0.3 is 0 Å². The smallest absolute Gasteiger partial charge is 0.0507 e. The van der Waals surface area contributed by atoms with Crippen molar-refractivity contribution in [3.05, 3.63) is 0 Å². The van der Waals surface area contributed by atoms with E-state index < -0.39 is 0 Å². The Morgan fingerprint density at radius 1 is 1.06 bits per heavy atom. The summed E-state index contributed by atoms with van der Waals surface area (Å²) in [6, 6.07) is 0.642. The van der Waals surface area contributed by atoms with E-state index in [1.54, 1.807) is 0 Å². The quantitative estimate of drug-likeness (QED) is 0.777. The normalized spacial score (nSPS) is 29.4. The predicted octanol–water partition coefficient (Wildman–Crippen LogP) is 1.82. The highest BCUT2D eigenvalue weighted by Crippen LogP contribution is 2.20. The minimum Gasteiger partial charge on any atom is -0.381 e. The number of nitrogens with one attached hydrogen (secondary N) is 1. The molecule has 94 valence electrons. The van der Waals surface area contributed by atoms with Crippen molar-refractivity contribution in [2.24, 2.45) is 11.8 Å². The molecule has 2 saturated heterocycles. The Kier molecular flexibility index (Phi) is 5.07. The van der Waals surface area contributed by atoms with Crippen molar-refractivity contribution in [2.45, 2.75) is 38.6 Å². The second kappa shape index (κ2) is 6.58. The van der Waals surface area contributed by atoms with Crippen LogP contribution in [0.3, 0.4) is 0 Å². The van der Waals surface area contributed by atoms with Crippen LogP contribution in [0.1, 0.15) is 32.6 Å². The maximum Gasteiger partial charge on any atom is 0.0507 e. The van der Waals surface area contributed by atoms with E-state index in [0.29, 0.717) is 6.04 Å². The standard InChI is InChI=1S/C13H25NO2/c1-11(8-12-2-5-15-6-3-12)14-9-13-4-7-16-10-13/h11-14H,2-10H2,1H3. The fourth-order valence-electron chi connectivity index (χ4n) is 2.68. The van der Waals surface area contributed by atoms with Crippen molar-refractivity contribution in [2.75, 3.05) is 33.0 Å². The molecule has 0 spiro atoms. The van der Waals surface area contributed by atoms with Crippen LogP contribution < -0.4 is 5.32 Å². The maximum absolute atomic E-state index is 5.39. The third-order valence-electron chi connectivity index (χ3n) is 3.81. The number of rotatable bonds is 5. The largest absolute Gasteiger partial charge is 0.381 e. The topological polar surface area (TPSA) is 30.5 Å². The van der Waals surface area contributed by atoms with Crippen LogP contribution in [-0.4, -0.2) is 39.0 Å². The summed E-state index contributed by atoms with van der Waals surface area (Å²) in [4.78, 5) is 0. The molecule has 3 heteroatoms. The highest BCUT2D eigenvalue weighted by atomic mass is 16.5. The molecular weight excluding hydrogens is 202 g/mol. The lowest BCUT2D eigenvalue weighted by molar-refractivity contribution is 0.0610. The third kappa shape index (κ3) is 4.04. The maximum atomic E-state index is 5.39. The monoisotopic (exact) mass is 227 g/mol. The van der Waals surface area contributed by atoms with E-state index in [1.807, 2.05) is 0 Å². The van der Waals surface area contributed by atoms with Crippen molar-refractivity contribution in [1.29, 1.82) is 0 Å². The molecule has 2 aliphatic rings. The third-order valence-corrected chi connectivity index (χ3v) is 3.81. The molecule has 2 unspecified atom stereocenters. The van der Waals surface area contributed by atoms with Crippen molar-refractivity contribution in [3.63, 3.8) is 0 Å². The van der Waals surface area contributed by atoms with Crippen LogP contribution in [0, 0.1) is 11.8 Å². The van der Waals surface area contributed by atoms with Crippen LogP contribution in [0.4, 0.5) is 0 Å². The highest BCUT2D eigenvalue weighted by Gasteiger charge is 2.19. The number of hydrogen-bond donors (Lipinski definition) is 1. The van der Waals surface area contributed by atoms with Gasteiger partial charge in [0.15, 0.2) is 0 Å². The zero-order valence-electron chi connectivity index (χ0n) is 10.4. The average molecular weight is 227 g/mol. The van der Waals surface area contributed by atoms with Crippen LogP contribution in [0.25, 0.3) is 0 Å². The van der Waals surface area contributed by atoms with Gasteiger partial charge in [-0.3, -0.25) is 0 Å². The van der Waals surface area contributed by atoms with E-state index >= 15 is 0 Å². The van der Waals surface area contributed by atoms with Crippen LogP contribution >= 0.6 is 0 Å². The number of hydrogen-bond acceptors (Lipinski definition) is 3. The van der Waals surface area contributed by atoms with Gasteiger partial charge in [-0.2, -0.15) is 0 Å². The Hall–Kier alpha value is -0.120. The van der Waals surface area contributed by atoms with Crippen LogP contribution in [0.15, 0.2) is 0 Å². The Labute approximate surface area is 98.9 Å². The lowest BCUT2D eigenvalue weighted by atomic mass is 9.93. The minimum absolute atomic E-state index is 0.642. The second-order valence-electron chi connectivity index (χ2n) is 5.33. The molecule has 0 amide bonds. The summed E-state index contributed by atoms with van der Waals surface area (Å²) in [5, 5.41) is 3.65. The fraction of sp³-hybridized carbons (Fsp3) is 1.00.